The fraction of sp³-hybridized carbons (Fsp3) is 0.125. The average Bonchev–Trinajstić information content (AvgIpc) is 1.99. The summed E-state index contributed by atoms with van der Waals surface area (Å²) in [6, 6.07) is 2.53. The second-order valence-corrected chi connectivity index (χ2v) is 5.78. The Bertz CT molecular complexity index is 522. The van der Waals surface area contributed by atoms with Gasteiger partial charge in [-0.3, -0.25) is 0 Å². The van der Waals surface area contributed by atoms with E-state index < -0.39 is 25.5 Å². The number of benzene rings is 1. The zero-order chi connectivity index (χ0) is 11.8. The molecule has 0 aliphatic heterocycles. The molecule has 1 N–H and O–H groups in total. The Balaban J connectivity index is 3.70. The molecule has 4 nitrogen and oxygen atoms in total. The lowest BCUT2D eigenvalue weighted by atomic mass is 10.1. The van der Waals surface area contributed by atoms with Crippen molar-refractivity contribution in [1.82, 2.24) is 0 Å². The van der Waals surface area contributed by atoms with Gasteiger partial charge in [0.05, 0.1) is 10.6 Å². The summed E-state index contributed by atoms with van der Waals surface area (Å²) in [4.78, 5) is 10.2. The van der Waals surface area contributed by atoms with Crippen LogP contribution in [-0.2, 0) is 9.05 Å². The van der Waals surface area contributed by atoms with Crippen LogP contribution >= 0.6 is 22.3 Å². The lowest BCUT2D eigenvalue weighted by molar-refractivity contribution is 0.0692. The Morgan fingerprint density at radius 2 is 1.93 bits per heavy atom. The third-order valence-corrected chi connectivity index (χ3v) is 3.46. The molecule has 0 radical (unpaired) electrons. The molecule has 1 aromatic carbocycles. The maximum atomic E-state index is 11.1. The number of carboxylic acid groups (broad SMARTS) is 1. The maximum absolute atomic E-state index is 11.1. The molecule has 0 fully saturated rings. The molecule has 7 heteroatoms. The molecule has 82 valence electrons. The summed E-state index contributed by atoms with van der Waals surface area (Å²) in [5.41, 5.74) is 0.122. The highest BCUT2D eigenvalue weighted by Crippen LogP contribution is 2.29. The largest absolute Gasteiger partial charge is 0.478 e. The van der Waals surface area contributed by atoms with Crippen molar-refractivity contribution in [3.8, 4) is 0 Å². The lowest BCUT2D eigenvalue weighted by Crippen LogP contribution is -2.06. The van der Waals surface area contributed by atoms with Gasteiger partial charge >= 0.3 is 5.97 Å². The summed E-state index contributed by atoms with van der Waals surface area (Å²) in [7, 11) is 0.923. The van der Waals surface area contributed by atoms with E-state index >= 15 is 0 Å². The van der Waals surface area contributed by atoms with Gasteiger partial charge in [0.1, 0.15) is 4.90 Å². The fourth-order valence-electron chi connectivity index (χ4n) is 1.14. The van der Waals surface area contributed by atoms with E-state index in [0.717, 1.165) is 0 Å². The summed E-state index contributed by atoms with van der Waals surface area (Å²) in [5.74, 6) is -1.39. The topological polar surface area (TPSA) is 71.4 Å². The van der Waals surface area contributed by atoms with E-state index in [-0.39, 0.29) is 5.02 Å². The molecule has 1 rings (SSSR count). The molecular weight excluding hydrogens is 263 g/mol. The zero-order valence-electron chi connectivity index (χ0n) is 7.49. The van der Waals surface area contributed by atoms with E-state index in [1.54, 1.807) is 6.92 Å². The van der Waals surface area contributed by atoms with Crippen molar-refractivity contribution < 1.29 is 18.3 Å². The minimum atomic E-state index is -4.17. The minimum Gasteiger partial charge on any atom is -0.478 e. The van der Waals surface area contributed by atoms with E-state index in [1.807, 2.05) is 0 Å². The number of carbonyl (C=O) groups is 1. The SMILES string of the molecule is Cc1cc(Cl)c(S(=O)(=O)Cl)c(C(=O)O)c1. The Morgan fingerprint density at radius 1 is 1.40 bits per heavy atom. The standard InChI is InChI=1S/C8H6Cl2O4S/c1-4-2-5(8(11)12)7(6(9)3-4)15(10,13)14/h2-3H,1H3,(H,11,12). The molecule has 0 heterocycles. The summed E-state index contributed by atoms with van der Waals surface area (Å²) in [6.07, 6.45) is 0. The van der Waals surface area contributed by atoms with Crippen molar-refractivity contribution in [3.05, 3.63) is 28.3 Å². The fourth-order valence-corrected chi connectivity index (χ4v) is 3.03. The van der Waals surface area contributed by atoms with Gasteiger partial charge in [0.2, 0.25) is 0 Å². The van der Waals surface area contributed by atoms with Gasteiger partial charge in [0, 0.05) is 10.7 Å². The quantitative estimate of drug-likeness (QED) is 0.836. The average molecular weight is 269 g/mol. The zero-order valence-corrected chi connectivity index (χ0v) is 9.82. The number of carboxylic acids is 1. The number of aryl methyl sites for hydroxylation is 1. The van der Waals surface area contributed by atoms with Crippen LogP contribution in [-0.4, -0.2) is 19.5 Å². The van der Waals surface area contributed by atoms with E-state index in [0.29, 0.717) is 5.56 Å². The number of halogens is 2. The van der Waals surface area contributed by atoms with Gasteiger partial charge in [0.15, 0.2) is 0 Å². The molecule has 0 aliphatic rings. The molecule has 0 aliphatic carbocycles. The highest BCUT2D eigenvalue weighted by Gasteiger charge is 2.24. The van der Waals surface area contributed by atoms with Crippen molar-refractivity contribution in [2.24, 2.45) is 0 Å². The Morgan fingerprint density at radius 3 is 2.33 bits per heavy atom. The molecule has 0 unspecified atom stereocenters. The Hall–Kier alpha value is -0.780. The van der Waals surface area contributed by atoms with E-state index in [2.05, 4.69) is 0 Å². The van der Waals surface area contributed by atoms with Crippen LogP contribution in [0.15, 0.2) is 17.0 Å². The molecule has 1 aromatic rings. The third kappa shape index (κ3) is 2.62. The van der Waals surface area contributed by atoms with Crippen LogP contribution in [0.5, 0.6) is 0 Å². The summed E-state index contributed by atoms with van der Waals surface area (Å²) >= 11 is 5.64. The smallest absolute Gasteiger partial charge is 0.337 e. The molecule has 0 saturated heterocycles. The second-order valence-electron chi connectivity index (χ2n) is 2.87. The lowest BCUT2D eigenvalue weighted by Gasteiger charge is -2.06. The normalized spacial score (nSPS) is 11.4. The third-order valence-electron chi connectivity index (χ3n) is 1.66. The first-order chi connectivity index (χ1) is 6.73. The number of hydrogen-bond donors (Lipinski definition) is 1. The van der Waals surface area contributed by atoms with E-state index in [1.165, 1.54) is 12.1 Å². The van der Waals surface area contributed by atoms with Crippen LogP contribution in [0.4, 0.5) is 0 Å². The molecule has 0 amide bonds. The van der Waals surface area contributed by atoms with E-state index in [9.17, 15) is 13.2 Å². The molecule has 0 bridgehead atoms. The van der Waals surface area contributed by atoms with Gasteiger partial charge in [-0.05, 0) is 24.6 Å². The van der Waals surface area contributed by atoms with Crippen molar-refractivity contribution in [2.45, 2.75) is 11.8 Å². The van der Waals surface area contributed by atoms with Crippen LogP contribution in [0.3, 0.4) is 0 Å². The molecule has 0 saturated carbocycles. The molecule has 0 atom stereocenters. The number of rotatable bonds is 2. The van der Waals surface area contributed by atoms with Gasteiger partial charge in [-0.1, -0.05) is 11.6 Å². The van der Waals surface area contributed by atoms with Crippen molar-refractivity contribution in [3.63, 3.8) is 0 Å². The highest BCUT2D eigenvalue weighted by molar-refractivity contribution is 8.13. The second kappa shape index (κ2) is 4.00. The predicted octanol–water partition coefficient (Wildman–Crippen LogP) is 2.27. The van der Waals surface area contributed by atoms with Crippen LogP contribution in [0.25, 0.3) is 0 Å². The number of aromatic carboxylic acids is 1. The van der Waals surface area contributed by atoms with Crippen molar-refractivity contribution in [2.75, 3.05) is 0 Å². The Kier molecular flexibility index (Phi) is 3.28. The summed E-state index contributed by atoms with van der Waals surface area (Å²) < 4.78 is 22.2. The van der Waals surface area contributed by atoms with Crippen LogP contribution in [0.1, 0.15) is 15.9 Å². The van der Waals surface area contributed by atoms with Gasteiger partial charge in [0.25, 0.3) is 9.05 Å². The number of hydrogen-bond acceptors (Lipinski definition) is 3. The molecular formula is C8H6Cl2O4S. The molecule has 15 heavy (non-hydrogen) atoms. The van der Waals surface area contributed by atoms with Crippen LogP contribution in [0.2, 0.25) is 5.02 Å². The van der Waals surface area contributed by atoms with Crippen LogP contribution < -0.4 is 0 Å². The first kappa shape index (κ1) is 12.3. The minimum absolute atomic E-state index is 0.192. The Labute approximate surface area is 95.9 Å². The summed E-state index contributed by atoms with van der Waals surface area (Å²) in [5, 5.41) is 8.60. The van der Waals surface area contributed by atoms with Crippen molar-refractivity contribution in [1.29, 1.82) is 0 Å². The van der Waals surface area contributed by atoms with Gasteiger partial charge in [-0.25, -0.2) is 13.2 Å². The first-order valence-electron chi connectivity index (χ1n) is 3.71. The van der Waals surface area contributed by atoms with E-state index in [4.69, 9.17) is 27.4 Å². The highest BCUT2D eigenvalue weighted by atomic mass is 35.7. The van der Waals surface area contributed by atoms with Gasteiger partial charge in [-0.15, -0.1) is 0 Å². The molecule has 0 aromatic heterocycles. The van der Waals surface area contributed by atoms with Crippen molar-refractivity contribution >= 4 is 37.3 Å². The van der Waals surface area contributed by atoms with Gasteiger partial charge < -0.3 is 5.11 Å². The maximum Gasteiger partial charge on any atom is 0.337 e. The van der Waals surface area contributed by atoms with Gasteiger partial charge in [-0.2, -0.15) is 0 Å². The first-order valence-corrected chi connectivity index (χ1v) is 6.40. The monoisotopic (exact) mass is 268 g/mol. The van der Waals surface area contributed by atoms with Crippen LogP contribution in [0, 0.1) is 6.92 Å². The predicted molar refractivity (Wildman–Crippen MR) is 56.2 cm³/mol. The molecule has 0 spiro atoms. The summed E-state index contributed by atoms with van der Waals surface area (Å²) in [6.45, 7) is 1.60.